The lowest BCUT2D eigenvalue weighted by Gasteiger charge is -2.23. The third kappa shape index (κ3) is 3.94. The van der Waals surface area contributed by atoms with E-state index in [9.17, 15) is 13.5 Å². The Bertz CT molecular complexity index is 1190. The fourth-order valence-electron chi connectivity index (χ4n) is 3.87. The lowest BCUT2D eigenvalue weighted by molar-refractivity contribution is 0.198. The van der Waals surface area contributed by atoms with E-state index in [0.717, 1.165) is 41.2 Å². The van der Waals surface area contributed by atoms with Gasteiger partial charge >= 0.3 is 0 Å². The van der Waals surface area contributed by atoms with Gasteiger partial charge in [0.15, 0.2) is 9.84 Å². The van der Waals surface area contributed by atoms with Crippen molar-refractivity contribution in [2.75, 3.05) is 24.2 Å². The van der Waals surface area contributed by atoms with E-state index in [1.807, 2.05) is 29.0 Å². The van der Waals surface area contributed by atoms with Crippen LogP contribution in [0.25, 0.3) is 11.0 Å². The van der Waals surface area contributed by atoms with Gasteiger partial charge in [0, 0.05) is 31.0 Å². The summed E-state index contributed by atoms with van der Waals surface area (Å²) in [6.45, 7) is 7.92. The van der Waals surface area contributed by atoms with Gasteiger partial charge in [0.1, 0.15) is 17.3 Å². The highest BCUT2D eigenvalue weighted by atomic mass is 32.2. The molecule has 160 valence electrons. The third-order valence-corrected chi connectivity index (χ3v) is 6.64. The van der Waals surface area contributed by atoms with Gasteiger partial charge in [-0.15, -0.1) is 0 Å². The number of rotatable bonds is 4. The number of β-amino-alcohol motifs (C(OH)–C–C–N with tert-alkyl or cyclic N) is 1. The minimum absolute atomic E-state index is 0.249. The molecule has 1 aliphatic rings. The summed E-state index contributed by atoms with van der Waals surface area (Å²) in [7, 11) is -3.33. The molecule has 0 saturated carbocycles. The van der Waals surface area contributed by atoms with E-state index < -0.39 is 9.84 Å². The Morgan fingerprint density at radius 1 is 1.17 bits per heavy atom. The first-order valence-electron chi connectivity index (χ1n) is 10.1. The average molecular weight is 429 g/mol. The maximum Gasteiger partial charge on any atom is 0.175 e. The summed E-state index contributed by atoms with van der Waals surface area (Å²) in [6.07, 6.45) is 3.53. The second-order valence-corrected chi connectivity index (χ2v) is 11.1. The Hall–Kier alpha value is -2.45. The maximum absolute atomic E-state index is 12.2. The molecule has 8 heteroatoms. The predicted molar refractivity (Wildman–Crippen MR) is 118 cm³/mol. The van der Waals surface area contributed by atoms with Crippen LogP contribution in [-0.4, -0.2) is 53.5 Å². The van der Waals surface area contributed by atoms with Crippen molar-refractivity contribution in [2.24, 2.45) is 0 Å². The molecule has 3 aromatic rings. The summed E-state index contributed by atoms with van der Waals surface area (Å²) in [5.41, 5.74) is 1.25. The van der Waals surface area contributed by atoms with Crippen LogP contribution < -0.4 is 4.90 Å². The monoisotopic (exact) mass is 428 g/mol. The molecular weight excluding hydrogens is 400 g/mol. The fraction of sp³-hybridized carbons (Fsp3) is 0.455. The van der Waals surface area contributed by atoms with Crippen molar-refractivity contribution in [1.82, 2.24) is 14.5 Å². The number of hydrogen-bond acceptors (Lipinski definition) is 6. The Balaban J connectivity index is 1.85. The molecule has 0 aliphatic carbocycles. The normalized spacial score (nSPS) is 17.8. The summed E-state index contributed by atoms with van der Waals surface area (Å²) < 4.78 is 26.4. The van der Waals surface area contributed by atoms with Crippen molar-refractivity contribution in [3.05, 3.63) is 47.9 Å². The molecule has 7 nitrogen and oxygen atoms in total. The molecule has 1 atom stereocenters. The zero-order chi connectivity index (χ0) is 21.7. The van der Waals surface area contributed by atoms with Crippen molar-refractivity contribution in [3.8, 4) is 0 Å². The summed E-state index contributed by atoms with van der Waals surface area (Å²) >= 11 is 0. The van der Waals surface area contributed by atoms with Crippen LogP contribution in [0, 0.1) is 0 Å². The number of benzene rings is 1. The number of fused-ring (bicyclic) bond motifs is 1. The number of anilines is 1. The van der Waals surface area contributed by atoms with Crippen LogP contribution in [0.15, 0.2) is 41.4 Å². The zero-order valence-electron chi connectivity index (χ0n) is 17.8. The maximum atomic E-state index is 12.2. The summed E-state index contributed by atoms with van der Waals surface area (Å²) in [4.78, 5) is 12.2. The number of aliphatic hydroxyl groups is 1. The van der Waals surface area contributed by atoms with Gasteiger partial charge in [0.25, 0.3) is 0 Å². The highest BCUT2D eigenvalue weighted by Gasteiger charge is 2.27. The first-order valence-corrected chi connectivity index (χ1v) is 12.0. The average Bonchev–Trinajstić information content (AvgIpc) is 3.26. The Morgan fingerprint density at radius 3 is 2.53 bits per heavy atom. The Kier molecular flexibility index (Phi) is 5.10. The van der Waals surface area contributed by atoms with Gasteiger partial charge in [-0.05, 0) is 24.1 Å². The first-order chi connectivity index (χ1) is 14.0. The molecule has 1 aliphatic heterocycles. The molecule has 1 unspecified atom stereocenters. The SMILES string of the molecule is CC(C)(C)c1nc(N2CCC(O)C2)c2ccn(Cc3ccccc3S(C)(=O)=O)c2n1. The quantitative estimate of drug-likeness (QED) is 0.687. The first kappa shape index (κ1) is 20.8. The van der Waals surface area contributed by atoms with Crippen LogP contribution in [-0.2, 0) is 21.8 Å². The summed E-state index contributed by atoms with van der Waals surface area (Å²) in [5.74, 6) is 1.55. The van der Waals surface area contributed by atoms with Crippen LogP contribution in [0.5, 0.6) is 0 Å². The molecule has 4 rings (SSSR count). The fourth-order valence-corrected chi connectivity index (χ4v) is 4.80. The second kappa shape index (κ2) is 7.35. The highest BCUT2D eigenvalue weighted by Crippen LogP contribution is 2.31. The number of aliphatic hydroxyl groups excluding tert-OH is 1. The number of sulfone groups is 1. The van der Waals surface area contributed by atoms with Gasteiger partial charge in [-0.2, -0.15) is 0 Å². The number of hydrogen-bond donors (Lipinski definition) is 1. The smallest absolute Gasteiger partial charge is 0.175 e. The van der Waals surface area contributed by atoms with Crippen molar-refractivity contribution < 1.29 is 13.5 Å². The van der Waals surface area contributed by atoms with Crippen molar-refractivity contribution in [2.45, 2.75) is 50.2 Å². The van der Waals surface area contributed by atoms with E-state index in [1.165, 1.54) is 6.26 Å². The topological polar surface area (TPSA) is 88.3 Å². The van der Waals surface area contributed by atoms with Gasteiger partial charge in [-0.3, -0.25) is 0 Å². The molecule has 0 bridgehead atoms. The van der Waals surface area contributed by atoms with Crippen molar-refractivity contribution >= 4 is 26.7 Å². The van der Waals surface area contributed by atoms with Gasteiger partial charge in [-0.1, -0.05) is 39.0 Å². The van der Waals surface area contributed by atoms with Crippen LogP contribution >= 0.6 is 0 Å². The largest absolute Gasteiger partial charge is 0.391 e. The molecule has 2 aromatic heterocycles. The summed E-state index contributed by atoms with van der Waals surface area (Å²) in [5, 5.41) is 10.9. The molecule has 30 heavy (non-hydrogen) atoms. The van der Waals surface area contributed by atoms with E-state index in [0.29, 0.717) is 18.0 Å². The predicted octanol–water partition coefficient (Wildman–Crippen LogP) is 2.75. The molecular formula is C22H28N4O3S. The molecule has 1 saturated heterocycles. The Labute approximate surface area is 177 Å². The molecule has 0 radical (unpaired) electrons. The van der Waals surface area contributed by atoms with Crippen LogP contribution in [0.4, 0.5) is 5.82 Å². The van der Waals surface area contributed by atoms with Gasteiger partial charge in [0.05, 0.1) is 22.9 Å². The third-order valence-electron chi connectivity index (χ3n) is 5.45. The van der Waals surface area contributed by atoms with E-state index in [1.54, 1.807) is 12.1 Å². The molecule has 0 amide bonds. The number of nitrogens with zero attached hydrogens (tertiary/aromatic N) is 4. The molecule has 1 aromatic carbocycles. The minimum atomic E-state index is -3.33. The van der Waals surface area contributed by atoms with Gasteiger partial charge < -0.3 is 14.6 Å². The Morgan fingerprint density at radius 2 is 1.90 bits per heavy atom. The van der Waals surface area contributed by atoms with Gasteiger partial charge in [0.2, 0.25) is 0 Å². The molecule has 1 fully saturated rings. The minimum Gasteiger partial charge on any atom is -0.391 e. The van der Waals surface area contributed by atoms with Crippen LogP contribution in [0.1, 0.15) is 38.6 Å². The second-order valence-electron chi connectivity index (χ2n) is 9.07. The highest BCUT2D eigenvalue weighted by molar-refractivity contribution is 7.90. The lowest BCUT2D eigenvalue weighted by atomic mass is 9.95. The van der Waals surface area contributed by atoms with E-state index >= 15 is 0 Å². The van der Waals surface area contributed by atoms with E-state index in [4.69, 9.17) is 9.97 Å². The molecule has 3 heterocycles. The van der Waals surface area contributed by atoms with Crippen LogP contribution in [0.3, 0.4) is 0 Å². The lowest BCUT2D eigenvalue weighted by Crippen LogP contribution is -2.25. The summed E-state index contributed by atoms with van der Waals surface area (Å²) in [6, 6.07) is 9.05. The van der Waals surface area contributed by atoms with Gasteiger partial charge in [-0.25, -0.2) is 18.4 Å². The van der Waals surface area contributed by atoms with E-state index in [2.05, 4.69) is 25.7 Å². The zero-order valence-corrected chi connectivity index (χ0v) is 18.6. The number of aromatic nitrogens is 3. The van der Waals surface area contributed by atoms with Crippen molar-refractivity contribution in [1.29, 1.82) is 0 Å². The van der Waals surface area contributed by atoms with E-state index in [-0.39, 0.29) is 11.5 Å². The standard InChI is InChI=1S/C22H28N4O3S/c1-22(2,3)21-23-19-17(20(24-21)26-11-9-16(27)14-26)10-12-25(19)13-15-7-5-6-8-18(15)30(4,28)29/h5-8,10,12,16,27H,9,11,13-14H2,1-4H3. The molecule has 1 N–H and O–H groups in total. The molecule has 0 spiro atoms. The van der Waals surface area contributed by atoms with Crippen molar-refractivity contribution in [3.63, 3.8) is 0 Å². The van der Waals surface area contributed by atoms with Crippen LogP contribution in [0.2, 0.25) is 0 Å².